The number of nitrogens with one attached hydrogen (secondary N) is 1. The summed E-state index contributed by atoms with van der Waals surface area (Å²) in [6.07, 6.45) is 0. The van der Waals surface area contributed by atoms with Crippen molar-refractivity contribution in [1.29, 1.82) is 0 Å². The van der Waals surface area contributed by atoms with Gasteiger partial charge in [-0.1, -0.05) is 18.2 Å². The molecular weight excluding hydrogens is 233 g/mol. The Morgan fingerprint density at radius 2 is 1.61 bits per heavy atom. The molecule has 3 nitrogen and oxygen atoms in total. The van der Waals surface area contributed by atoms with E-state index in [0.717, 1.165) is 6.07 Å². The van der Waals surface area contributed by atoms with Crippen LogP contribution in [0.1, 0.15) is 0 Å². The van der Waals surface area contributed by atoms with E-state index in [4.69, 9.17) is 0 Å². The zero-order valence-electron chi connectivity index (χ0n) is 9.24. The molecule has 0 amide bonds. The van der Waals surface area contributed by atoms with Gasteiger partial charge in [-0.15, -0.1) is 0 Å². The molecule has 0 radical (unpaired) electrons. The highest BCUT2D eigenvalue weighted by atomic mass is 19.1. The third-order valence-electron chi connectivity index (χ3n) is 2.89. The van der Waals surface area contributed by atoms with Gasteiger partial charge in [0.05, 0.1) is 10.9 Å². The molecule has 0 aliphatic rings. The van der Waals surface area contributed by atoms with Gasteiger partial charge in [-0.05, 0) is 24.3 Å². The van der Waals surface area contributed by atoms with Gasteiger partial charge in [0.2, 0.25) is 0 Å². The second-order valence-electron chi connectivity index (χ2n) is 4.02. The van der Waals surface area contributed by atoms with E-state index >= 15 is 0 Å². The molecule has 0 fully saturated rings. The van der Waals surface area contributed by atoms with E-state index in [9.17, 15) is 14.0 Å². The number of fused-ring (bicyclic) bond motifs is 2. The first-order valence-electron chi connectivity index (χ1n) is 5.41. The molecule has 0 bridgehead atoms. The second kappa shape index (κ2) is 3.77. The monoisotopic (exact) mass is 241 g/mol. The third-order valence-corrected chi connectivity index (χ3v) is 2.89. The lowest BCUT2D eigenvalue weighted by atomic mass is 10.1. The highest BCUT2D eigenvalue weighted by molar-refractivity contribution is 5.90. The van der Waals surface area contributed by atoms with Crippen molar-refractivity contribution in [3.8, 4) is 0 Å². The normalized spacial score (nSPS) is 10.9. The van der Waals surface area contributed by atoms with Crippen LogP contribution in [0.2, 0.25) is 0 Å². The first kappa shape index (κ1) is 10.7. The Morgan fingerprint density at radius 3 is 2.39 bits per heavy atom. The summed E-state index contributed by atoms with van der Waals surface area (Å²) in [6.45, 7) is 0. The van der Waals surface area contributed by atoms with Crippen LogP contribution in [0.5, 0.6) is 0 Å². The quantitative estimate of drug-likeness (QED) is 0.655. The molecule has 3 rings (SSSR count). The van der Waals surface area contributed by atoms with Crippen LogP contribution < -0.4 is 11.0 Å². The number of hydrogen-bond acceptors (Lipinski definition) is 2. The van der Waals surface area contributed by atoms with E-state index < -0.39 is 5.82 Å². The van der Waals surface area contributed by atoms with Crippen molar-refractivity contribution >= 4 is 21.7 Å². The van der Waals surface area contributed by atoms with E-state index in [2.05, 4.69) is 4.98 Å². The minimum Gasteiger partial charge on any atom is -0.321 e. The SMILES string of the molecule is O=c1[nH]c2ccc(F)cc2c(=O)c2ccccc12. The second-order valence-corrected chi connectivity index (χ2v) is 4.02. The van der Waals surface area contributed by atoms with Gasteiger partial charge in [0.15, 0.2) is 5.43 Å². The number of halogens is 1. The van der Waals surface area contributed by atoms with E-state index in [1.807, 2.05) is 0 Å². The standard InChI is InChI=1S/C14H8FNO2/c15-8-5-6-12-11(7-8)13(17)9-3-1-2-4-10(9)14(18)16-12/h1-7H,(H,16,18). The summed E-state index contributed by atoms with van der Waals surface area (Å²) in [5.41, 5.74) is -0.370. The maximum atomic E-state index is 13.2. The fraction of sp³-hybridized carbons (Fsp3) is 0. The zero-order chi connectivity index (χ0) is 12.7. The zero-order valence-corrected chi connectivity index (χ0v) is 9.24. The van der Waals surface area contributed by atoms with Crippen molar-refractivity contribution in [2.24, 2.45) is 0 Å². The molecule has 3 aromatic rings. The first-order valence-corrected chi connectivity index (χ1v) is 5.41. The van der Waals surface area contributed by atoms with E-state index in [-0.39, 0.29) is 16.4 Å². The molecule has 0 saturated heterocycles. The fourth-order valence-electron chi connectivity index (χ4n) is 2.03. The van der Waals surface area contributed by atoms with Crippen molar-refractivity contribution in [1.82, 2.24) is 4.98 Å². The van der Waals surface area contributed by atoms with Crippen molar-refractivity contribution in [3.05, 3.63) is 68.9 Å². The molecule has 1 heterocycles. The number of rotatable bonds is 0. The number of hydrogen-bond donors (Lipinski definition) is 1. The maximum absolute atomic E-state index is 13.2. The number of benzene rings is 2. The van der Waals surface area contributed by atoms with Gasteiger partial charge in [-0.3, -0.25) is 9.59 Å². The predicted molar refractivity (Wildman–Crippen MR) is 68.3 cm³/mol. The molecule has 0 aliphatic carbocycles. The Kier molecular flexibility index (Phi) is 2.23. The summed E-state index contributed by atoms with van der Waals surface area (Å²) in [6, 6.07) is 10.2. The molecule has 88 valence electrons. The lowest BCUT2D eigenvalue weighted by Crippen LogP contribution is -2.02. The lowest BCUT2D eigenvalue weighted by molar-refractivity contribution is 0.629. The minimum atomic E-state index is -0.504. The van der Waals surface area contributed by atoms with Crippen LogP contribution >= 0.6 is 0 Å². The van der Waals surface area contributed by atoms with Gasteiger partial charge >= 0.3 is 0 Å². The molecule has 4 heteroatoms. The molecule has 0 aliphatic heterocycles. The number of aromatic nitrogens is 1. The van der Waals surface area contributed by atoms with Gasteiger partial charge in [0.1, 0.15) is 5.82 Å². The molecule has 1 N–H and O–H groups in total. The van der Waals surface area contributed by atoms with Gasteiger partial charge < -0.3 is 4.98 Å². The van der Waals surface area contributed by atoms with Gasteiger partial charge in [0.25, 0.3) is 5.56 Å². The van der Waals surface area contributed by atoms with Crippen LogP contribution in [0.4, 0.5) is 4.39 Å². The van der Waals surface area contributed by atoms with Crippen LogP contribution in [0.25, 0.3) is 21.7 Å². The molecule has 1 aromatic heterocycles. The van der Waals surface area contributed by atoms with E-state index in [1.54, 1.807) is 24.3 Å². The van der Waals surface area contributed by atoms with Gasteiger partial charge in [-0.25, -0.2) is 4.39 Å². The van der Waals surface area contributed by atoms with Crippen LogP contribution in [0, 0.1) is 5.82 Å². The van der Waals surface area contributed by atoms with Gasteiger partial charge in [-0.2, -0.15) is 0 Å². The third kappa shape index (κ3) is 1.50. The molecule has 0 spiro atoms. The molecule has 0 unspecified atom stereocenters. The average Bonchev–Trinajstić information content (AvgIpc) is 2.48. The molecule has 18 heavy (non-hydrogen) atoms. The molecule has 2 aromatic carbocycles. The highest BCUT2D eigenvalue weighted by Gasteiger charge is 2.06. The largest absolute Gasteiger partial charge is 0.321 e. The Morgan fingerprint density at radius 1 is 0.889 bits per heavy atom. The summed E-state index contributed by atoms with van der Waals surface area (Å²) in [4.78, 5) is 26.8. The Hall–Kier alpha value is -2.49. The number of aromatic amines is 1. The fourth-order valence-corrected chi connectivity index (χ4v) is 2.03. The summed E-state index contributed by atoms with van der Waals surface area (Å²) >= 11 is 0. The summed E-state index contributed by atoms with van der Waals surface area (Å²) in [7, 11) is 0. The van der Waals surface area contributed by atoms with Crippen molar-refractivity contribution < 1.29 is 4.39 Å². The van der Waals surface area contributed by atoms with Crippen LogP contribution in [-0.4, -0.2) is 4.98 Å². The summed E-state index contributed by atoms with van der Waals surface area (Å²) < 4.78 is 13.2. The molecule has 0 atom stereocenters. The average molecular weight is 241 g/mol. The minimum absolute atomic E-state index is 0.174. The lowest BCUT2D eigenvalue weighted by Gasteiger charge is -1.91. The highest BCUT2D eigenvalue weighted by Crippen LogP contribution is 2.11. The predicted octanol–water partition coefficient (Wildman–Crippen LogP) is 2.18. The summed E-state index contributed by atoms with van der Waals surface area (Å²) in [5.74, 6) is -0.504. The van der Waals surface area contributed by atoms with Crippen molar-refractivity contribution in [3.63, 3.8) is 0 Å². The van der Waals surface area contributed by atoms with Crippen molar-refractivity contribution in [2.45, 2.75) is 0 Å². The van der Waals surface area contributed by atoms with Crippen LogP contribution in [0.3, 0.4) is 0 Å². The molecule has 0 saturated carbocycles. The Bertz CT molecular complexity index is 884. The Balaban J connectivity index is 2.75. The van der Waals surface area contributed by atoms with E-state index in [0.29, 0.717) is 16.3 Å². The van der Waals surface area contributed by atoms with Gasteiger partial charge in [0, 0.05) is 10.8 Å². The van der Waals surface area contributed by atoms with Crippen LogP contribution in [-0.2, 0) is 0 Å². The maximum Gasteiger partial charge on any atom is 0.256 e. The Labute approximate surface area is 101 Å². The van der Waals surface area contributed by atoms with E-state index in [1.165, 1.54) is 12.1 Å². The topological polar surface area (TPSA) is 49.9 Å². The smallest absolute Gasteiger partial charge is 0.256 e. The number of H-pyrrole nitrogens is 1. The summed E-state index contributed by atoms with van der Waals surface area (Å²) in [5, 5.41) is 0.770. The first-order chi connectivity index (χ1) is 8.66. The van der Waals surface area contributed by atoms with Crippen molar-refractivity contribution in [2.75, 3.05) is 0 Å². The van der Waals surface area contributed by atoms with Crippen LogP contribution in [0.15, 0.2) is 52.1 Å². The molecular formula is C14H8FNO2.